The summed E-state index contributed by atoms with van der Waals surface area (Å²) in [5.74, 6) is 0.0605. The van der Waals surface area contributed by atoms with E-state index in [1.807, 2.05) is 0 Å². The predicted molar refractivity (Wildman–Crippen MR) is 83.3 cm³/mol. The van der Waals surface area contributed by atoms with Crippen LogP contribution < -0.4 is 0 Å². The number of rotatable bonds is 2. The van der Waals surface area contributed by atoms with Crippen LogP contribution >= 0.6 is 0 Å². The van der Waals surface area contributed by atoms with Crippen molar-refractivity contribution >= 4 is 5.97 Å². The van der Waals surface area contributed by atoms with Gasteiger partial charge in [-0.3, -0.25) is 9.69 Å². The third-order valence-corrected chi connectivity index (χ3v) is 6.14. The van der Waals surface area contributed by atoms with E-state index >= 15 is 0 Å². The first-order chi connectivity index (χ1) is 10.2. The molecular weight excluding hydrogens is 264 g/mol. The molecule has 3 fully saturated rings. The molecule has 1 saturated carbocycles. The van der Waals surface area contributed by atoms with Gasteiger partial charge < -0.3 is 10.0 Å². The van der Waals surface area contributed by atoms with E-state index < -0.39 is 5.97 Å². The van der Waals surface area contributed by atoms with Crippen LogP contribution in [0.15, 0.2) is 0 Å². The van der Waals surface area contributed by atoms with Crippen molar-refractivity contribution in [1.82, 2.24) is 9.80 Å². The summed E-state index contributed by atoms with van der Waals surface area (Å²) in [5.41, 5.74) is 0. The molecule has 3 aliphatic rings. The Morgan fingerprint density at radius 1 is 0.952 bits per heavy atom. The van der Waals surface area contributed by atoms with Crippen LogP contribution in [0.3, 0.4) is 0 Å². The fourth-order valence-electron chi connectivity index (χ4n) is 5.00. The topological polar surface area (TPSA) is 43.8 Å². The first-order valence-corrected chi connectivity index (χ1v) is 8.84. The van der Waals surface area contributed by atoms with Gasteiger partial charge in [-0.1, -0.05) is 19.3 Å². The fraction of sp³-hybridized carbons (Fsp3) is 0.941. The molecule has 0 spiro atoms. The monoisotopic (exact) mass is 294 g/mol. The lowest BCUT2D eigenvalue weighted by atomic mass is 9.82. The van der Waals surface area contributed by atoms with Gasteiger partial charge in [-0.05, 0) is 58.2 Å². The Hall–Kier alpha value is -0.610. The van der Waals surface area contributed by atoms with Crippen LogP contribution in [-0.2, 0) is 4.79 Å². The number of aliphatic carboxylic acids is 1. The maximum Gasteiger partial charge on any atom is 0.308 e. The quantitative estimate of drug-likeness (QED) is 0.795. The molecule has 0 bridgehead atoms. The minimum Gasteiger partial charge on any atom is -0.481 e. The highest BCUT2D eigenvalue weighted by Crippen LogP contribution is 2.34. The van der Waals surface area contributed by atoms with Crippen molar-refractivity contribution in [2.75, 3.05) is 26.7 Å². The van der Waals surface area contributed by atoms with Crippen LogP contribution in [0.2, 0.25) is 0 Å². The van der Waals surface area contributed by atoms with Crippen molar-refractivity contribution in [3.05, 3.63) is 0 Å². The Bertz CT molecular complexity index is 374. The van der Waals surface area contributed by atoms with Crippen molar-refractivity contribution in [2.24, 2.45) is 11.8 Å². The minimum atomic E-state index is -0.565. The van der Waals surface area contributed by atoms with Crippen LogP contribution in [0.4, 0.5) is 0 Å². The summed E-state index contributed by atoms with van der Waals surface area (Å²) >= 11 is 0. The van der Waals surface area contributed by atoms with E-state index in [1.165, 1.54) is 38.6 Å². The second-order valence-corrected chi connectivity index (χ2v) is 7.38. The van der Waals surface area contributed by atoms with Gasteiger partial charge in [0, 0.05) is 18.6 Å². The third-order valence-electron chi connectivity index (χ3n) is 6.14. The molecule has 2 aliphatic heterocycles. The summed E-state index contributed by atoms with van der Waals surface area (Å²) in [6.07, 6.45) is 9.34. The van der Waals surface area contributed by atoms with E-state index in [-0.39, 0.29) is 12.0 Å². The number of carbonyl (C=O) groups is 1. The molecule has 120 valence electrons. The summed E-state index contributed by atoms with van der Waals surface area (Å²) in [6, 6.07) is 1.03. The fourth-order valence-corrected chi connectivity index (χ4v) is 5.00. The number of hydrogen-bond acceptors (Lipinski definition) is 3. The standard InChI is InChI=1S/C17H30N2O2/c1-18-10-5-6-13-12-19(11-9-15(13)18)16-8-4-2-3-7-14(16)17(20)21/h13-16H,2-12H2,1H3,(H,20,21). The number of fused-ring (bicyclic) bond motifs is 1. The van der Waals surface area contributed by atoms with Crippen LogP contribution in [0.25, 0.3) is 0 Å². The molecule has 0 radical (unpaired) electrons. The van der Waals surface area contributed by atoms with Crippen molar-refractivity contribution in [3.63, 3.8) is 0 Å². The highest BCUT2D eigenvalue weighted by Gasteiger charge is 2.40. The molecule has 0 amide bonds. The van der Waals surface area contributed by atoms with Gasteiger partial charge in [-0.2, -0.15) is 0 Å². The number of carboxylic acids is 1. The summed E-state index contributed by atoms with van der Waals surface area (Å²) in [4.78, 5) is 16.7. The number of nitrogens with zero attached hydrogens (tertiary/aromatic N) is 2. The number of piperidine rings is 2. The lowest BCUT2D eigenvalue weighted by Crippen LogP contribution is -2.56. The molecule has 2 saturated heterocycles. The Morgan fingerprint density at radius 3 is 2.57 bits per heavy atom. The predicted octanol–water partition coefficient (Wildman–Crippen LogP) is 2.44. The van der Waals surface area contributed by atoms with Crippen molar-refractivity contribution < 1.29 is 9.90 Å². The van der Waals surface area contributed by atoms with Crippen LogP contribution in [0.1, 0.15) is 51.4 Å². The van der Waals surface area contributed by atoms with Crippen LogP contribution in [0.5, 0.6) is 0 Å². The first kappa shape index (κ1) is 15.3. The highest BCUT2D eigenvalue weighted by molar-refractivity contribution is 5.70. The van der Waals surface area contributed by atoms with Gasteiger partial charge >= 0.3 is 5.97 Å². The lowest BCUT2D eigenvalue weighted by Gasteiger charge is -2.48. The van der Waals surface area contributed by atoms with Crippen molar-refractivity contribution in [2.45, 2.75) is 63.5 Å². The number of carboxylic acid groups (broad SMARTS) is 1. The molecule has 0 aromatic heterocycles. The maximum atomic E-state index is 11.7. The first-order valence-electron chi connectivity index (χ1n) is 8.84. The Morgan fingerprint density at radius 2 is 1.76 bits per heavy atom. The summed E-state index contributed by atoms with van der Waals surface area (Å²) < 4.78 is 0. The Balaban J connectivity index is 1.69. The lowest BCUT2D eigenvalue weighted by molar-refractivity contribution is -0.145. The Labute approximate surface area is 128 Å². The van der Waals surface area contributed by atoms with Gasteiger partial charge in [0.15, 0.2) is 0 Å². The molecule has 1 aliphatic carbocycles. The Kier molecular flexibility index (Phi) is 4.85. The van der Waals surface area contributed by atoms with Gasteiger partial charge in [-0.25, -0.2) is 0 Å². The minimum absolute atomic E-state index is 0.134. The zero-order chi connectivity index (χ0) is 14.8. The second-order valence-electron chi connectivity index (χ2n) is 7.38. The summed E-state index contributed by atoms with van der Waals surface area (Å²) in [5, 5.41) is 9.60. The van der Waals surface area contributed by atoms with E-state index in [0.29, 0.717) is 0 Å². The second kappa shape index (κ2) is 6.66. The normalized spacial score (nSPS) is 39.5. The number of hydrogen-bond donors (Lipinski definition) is 1. The zero-order valence-corrected chi connectivity index (χ0v) is 13.3. The molecule has 3 rings (SSSR count). The van der Waals surface area contributed by atoms with E-state index in [0.717, 1.165) is 44.3 Å². The molecular formula is C17H30N2O2. The molecule has 4 nitrogen and oxygen atoms in total. The zero-order valence-electron chi connectivity index (χ0n) is 13.3. The van der Waals surface area contributed by atoms with Gasteiger partial charge in [-0.15, -0.1) is 0 Å². The van der Waals surface area contributed by atoms with Gasteiger partial charge in [0.25, 0.3) is 0 Å². The molecule has 0 aromatic rings. The van der Waals surface area contributed by atoms with E-state index in [1.54, 1.807) is 0 Å². The molecule has 1 N–H and O–H groups in total. The van der Waals surface area contributed by atoms with Gasteiger partial charge in [0.2, 0.25) is 0 Å². The molecule has 4 unspecified atom stereocenters. The summed E-state index contributed by atoms with van der Waals surface area (Å²) in [7, 11) is 2.26. The van der Waals surface area contributed by atoms with Gasteiger partial charge in [0.1, 0.15) is 0 Å². The SMILES string of the molecule is CN1CCCC2CN(C3CCCCCC3C(=O)O)CCC21. The van der Waals surface area contributed by atoms with Gasteiger partial charge in [0.05, 0.1) is 5.92 Å². The molecule has 4 heteroatoms. The van der Waals surface area contributed by atoms with E-state index in [2.05, 4.69) is 16.8 Å². The highest BCUT2D eigenvalue weighted by atomic mass is 16.4. The van der Waals surface area contributed by atoms with E-state index in [4.69, 9.17) is 0 Å². The van der Waals surface area contributed by atoms with Crippen LogP contribution in [-0.4, -0.2) is 59.6 Å². The third kappa shape index (κ3) is 3.26. The van der Waals surface area contributed by atoms with Crippen molar-refractivity contribution in [3.8, 4) is 0 Å². The molecule has 4 atom stereocenters. The van der Waals surface area contributed by atoms with Crippen molar-refractivity contribution in [1.29, 1.82) is 0 Å². The molecule has 2 heterocycles. The average molecular weight is 294 g/mol. The smallest absolute Gasteiger partial charge is 0.308 e. The van der Waals surface area contributed by atoms with Crippen LogP contribution in [0, 0.1) is 11.8 Å². The number of likely N-dealkylation sites (tertiary alicyclic amines) is 2. The summed E-state index contributed by atoms with van der Waals surface area (Å²) in [6.45, 7) is 3.46. The largest absolute Gasteiger partial charge is 0.481 e. The molecule has 21 heavy (non-hydrogen) atoms. The van der Waals surface area contributed by atoms with E-state index in [9.17, 15) is 9.90 Å². The average Bonchev–Trinajstić information content (AvgIpc) is 2.73. The molecule has 0 aromatic carbocycles. The maximum absolute atomic E-state index is 11.7.